The molecule has 18 heavy (non-hydrogen) atoms. The molecule has 0 aliphatic heterocycles. The van der Waals surface area contributed by atoms with Crippen molar-refractivity contribution in [1.82, 2.24) is 5.32 Å². The first-order chi connectivity index (χ1) is 8.25. The Labute approximate surface area is 113 Å². The number of hydrogen-bond donors (Lipinski definition) is 2. The molecule has 106 valence electrons. The summed E-state index contributed by atoms with van der Waals surface area (Å²) in [6.45, 7) is 14.3. The van der Waals surface area contributed by atoms with Crippen molar-refractivity contribution in [3.8, 4) is 0 Å². The van der Waals surface area contributed by atoms with Crippen molar-refractivity contribution in [3.05, 3.63) is 0 Å². The van der Waals surface area contributed by atoms with Gasteiger partial charge in [0.25, 0.3) is 0 Å². The molecule has 2 nitrogen and oxygen atoms in total. The van der Waals surface area contributed by atoms with E-state index in [1.165, 1.54) is 32.4 Å². The average molecular weight is 252 g/mol. The molecule has 0 heterocycles. The van der Waals surface area contributed by atoms with Gasteiger partial charge in [0.15, 0.2) is 0 Å². The fourth-order valence-electron chi connectivity index (χ4n) is 3.66. The Hall–Kier alpha value is -0.0800. The molecule has 4 atom stereocenters. The first kappa shape index (κ1) is 14.3. The van der Waals surface area contributed by atoms with Gasteiger partial charge in [-0.2, -0.15) is 0 Å². The van der Waals surface area contributed by atoms with Gasteiger partial charge in [0.05, 0.1) is 0 Å². The largest absolute Gasteiger partial charge is 0.327 e. The number of nitrogens with one attached hydrogen (secondary N) is 1. The van der Waals surface area contributed by atoms with E-state index in [9.17, 15) is 0 Å². The molecule has 0 saturated heterocycles. The highest BCUT2D eigenvalue weighted by Gasteiger charge is 2.45. The maximum atomic E-state index is 6.22. The van der Waals surface area contributed by atoms with Crippen molar-refractivity contribution in [2.45, 2.75) is 59.9 Å². The summed E-state index contributed by atoms with van der Waals surface area (Å²) < 4.78 is 0. The van der Waals surface area contributed by atoms with Crippen molar-refractivity contribution in [2.75, 3.05) is 13.1 Å². The molecule has 4 unspecified atom stereocenters. The van der Waals surface area contributed by atoms with Gasteiger partial charge >= 0.3 is 0 Å². The Balaban J connectivity index is 1.78. The van der Waals surface area contributed by atoms with Gasteiger partial charge < -0.3 is 11.1 Å². The Bertz CT molecular complexity index is 295. The monoisotopic (exact) mass is 252 g/mol. The van der Waals surface area contributed by atoms with Crippen LogP contribution in [0.3, 0.4) is 0 Å². The van der Waals surface area contributed by atoms with Gasteiger partial charge in [-0.05, 0) is 60.9 Å². The van der Waals surface area contributed by atoms with E-state index in [0.29, 0.717) is 22.8 Å². The zero-order valence-electron chi connectivity index (χ0n) is 12.9. The molecule has 3 N–H and O–H groups in total. The topological polar surface area (TPSA) is 38.0 Å². The molecule has 2 rings (SSSR count). The smallest absolute Gasteiger partial charge is 0.00698 e. The van der Waals surface area contributed by atoms with Gasteiger partial charge in [-0.15, -0.1) is 0 Å². The van der Waals surface area contributed by atoms with Crippen LogP contribution in [0.25, 0.3) is 0 Å². The second-order valence-corrected chi connectivity index (χ2v) is 8.10. The SMILES string of the molecule is CC1C(N)CCC(CNCC2CC2(C)C)C1(C)C. The molecule has 0 spiro atoms. The molecule has 2 fully saturated rings. The normalized spacial score (nSPS) is 41.7. The van der Waals surface area contributed by atoms with Crippen molar-refractivity contribution >= 4 is 0 Å². The Morgan fingerprint density at radius 3 is 2.17 bits per heavy atom. The molecule has 2 aliphatic rings. The summed E-state index contributed by atoms with van der Waals surface area (Å²) in [4.78, 5) is 0. The second kappa shape index (κ2) is 4.79. The number of nitrogens with two attached hydrogens (primary N) is 1. The molecule has 0 aromatic heterocycles. The summed E-state index contributed by atoms with van der Waals surface area (Å²) in [7, 11) is 0. The first-order valence-corrected chi connectivity index (χ1v) is 7.71. The minimum absolute atomic E-state index is 0.379. The van der Waals surface area contributed by atoms with Crippen LogP contribution >= 0.6 is 0 Å². The van der Waals surface area contributed by atoms with Crippen molar-refractivity contribution in [1.29, 1.82) is 0 Å². The third kappa shape index (κ3) is 2.75. The lowest BCUT2D eigenvalue weighted by atomic mass is 9.61. The van der Waals surface area contributed by atoms with E-state index < -0.39 is 0 Å². The van der Waals surface area contributed by atoms with Crippen molar-refractivity contribution in [3.63, 3.8) is 0 Å². The number of hydrogen-bond acceptors (Lipinski definition) is 2. The van der Waals surface area contributed by atoms with E-state index in [1.807, 2.05) is 0 Å². The Kier molecular flexibility index (Phi) is 3.81. The van der Waals surface area contributed by atoms with Gasteiger partial charge in [0, 0.05) is 6.04 Å². The molecular formula is C16H32N2. The predicted molar refractivity (Wildman–Crippen MR) is 78.4 cm³/mol. The highest BCUT2D eigenvalue weighted by molar-refractivity contribution is 4.97. The standard InChI is InChI=1S/C16H32N2/c1-11-14(17)7-6-12(16(11,4)5)9-18-10-13-8-15(13,2)3/h11-14,18H,6-10,17H2,1-5H3. The third-order valence-corrected chi connectivity index (χ3v) is 6.22. The fourth-order valence-corrected chi connectivity index (χ4v) is 3.66. The molecule has 2 heteroatoms. The van der Waals surface area contributed by atoms with Crippen LogP contribution in [-0.2, 0) is 0 Å². The van der Waals surface area contributed by atoms with E-state index in [0.717, 1.165) is 11.8 Å². The second-order valence-electron chi connectivity index (χ2n) is 8.10. The van der Waals surface area contributed by atoms with E-state index in [-0.39, 0.29) is 0 Å². The Morgan fingerprint density at radius 1 is 1.06 bits per heavy atom. The van der Waals surface area contributed by atoms with Gasteiger partial charge in [-0.25, -0.2) is 0 Å². The molecular weight excluding hydrogens is 220 g/mol. The zero-order valence-corrected chi connectivity index (χ0v) is 12.9. The predicted octanol–water partition coefficient (Wildman–Crippen LogP) is 3.02. The van der Waals surface area contributed by atoms with Crippen LogP contribution in [0.4, 0.5) is 0 Å². The van der Waals surface area contributed by atoms with Crippen LogP contribution in [0.1, 0.15) is 53.9 Å². The highest BCUT2D eigenvalue weighted by Crippen LogP contribution is 2.51. The minimum Gasteiger partial charge on any atom is -0.327 e. The van der Waals surface area contributed by atoms with Gasteiger partial charge in [0.2, 0.25) is 0 Å². The lowest BCUT2D eigenvalue weighted by molar-refractivity contribution is 0.0539. The zero-order chi connectivity index (χ0) is 13.6. The number of rotatable bonds is 4. The summed E-state index contributed by atoms with van der Waals surface area (Å²) in [5.41, 5.74) is 7.20. The lowest BCUT2D eigenvalue weighted by Crippen LogP contribution is -2.49. The molecule has 0 aromatic carbocycles. The van der Waals surface area contributed by atoms with Crippen LogP contribution in [0, 0.1) is 28.6 Å². The maximum Gasteiger partial charge on any atom is 0.00698 e. The van der Waals surface area contributed by atoms with Crippen LogP contribution in [0.15, 0.2) is 0 Å². The first-order valence-electron chi connectivity index (χ1n) is 7.71. The quantitative estimate of drug-likeness (QED) is 0.807. The third-order valence-electron chi connectivity index (χ3n) is 6.22. The molecule has 0 bridgehead atoms. The van der Waals surface area contributed by atoms with Crippen LogP contribution in [-0.4, -0.2) is 19.1 Å². The average Bonchev–Trinajstić information content (AvgIpc) is 2.87. The fraction of sp³-hybridized carbons (Fsp3) is 1.00. The molecule has 0 aromatic rings. The maximum absolute atomic E-state index is 6.22. The summed E-state index contributed by atoms with van der Waals surface area (Å²) in [5, 5.41) is 3.72. The van der Waals surface area contributed by atoms with Crippen LogP contribution in [0.5, 0.6) is 0 Å². The van der Waals surface area contributed by atoms with Crippen molar-refractivity contribution in [2.24, 2.45) is 34.3 Å². The molecule has 0 radical (unpaired) electrons. The van der Waals surface area contributed by atoms with Crippen LogP contribution < -0.4 is 11.1 Å². The molecule has 2 aliphatic carbocycles. The van der Waals surface area contributed by atoms with E-state index >= 15 is 0 Å². The van der Waals surface area contributed by atoms with Gasteiger partial charge in [-0.1, -0.05) is 34.6 Å². The van der Waals surface area contributed by atoms with Gasteiger partial charge in [0.1, 0.15) is 0 Å². The van der Waals surface area contributed by atoms with E-state index in [2.05, 4.69) is 39.9 Å². The lowest BCUT2D eigenvalue weighted by Gasteiger charge is -2.47. The highest BCUT2D eigenvalue weighted by atomic mass is 14.9. The van der Waals surface area contributed by atoms with Crippen molar-refractivity contribution < 1.29 is 0 Å². The van der Waals surface area contributed by atoms with Crippen LogP contribution in [0.2, 0.25) is 0 Å². The van der Waals surface area contributed by atoms with E-state index in [1.54, 1.807) is 0 Å². The van der Waals surface area contributed by atoms with E-state index in [4.69, 9.17) is 5.73 Å². The summed E-state index contributed by atoms with van der Waals surface area (Å²) in [5.74, 6) is 2.33. The summed E-state index contributed by atoms with van der Waals surface area (Å²) >= 11 is 0. The van der Waals surface area contributed by atoms with Gasteiger partial charge in [-0.3, -0.25) is 0 Å². The summed E-state index contributed by atoms with van der Waals surface area (Å²) in [6, 6.07) is 0.401. The molecule has 0 amide bonds. The minimum atomic E-state index is 0.379. The molecule has 2 saturated carbocycles. The Morgan fingerprint density at radius 2 is 1.61 bits per heavy atom. The summed E-state index contributed by atoms with van der Waals surface area (Å²) in [6.07, 6.45) is 3.89.